The molecule has 0 spiro atoms. The summed E-state index contributed by atoms with van der Waals surface area (Å²) in [6.07, 6.45) is 0. The Labute approximate surface area is 145 Å². The van der Waals surface area contributed by atoms with E-state index in [9.17, 15) is 14.0 Å². The molecule has 0 saturated heterocycles. The van der Waals surface area contributed by atoms with Gasteiger partial charge in [-0.3, -0.25) is 14.3 Å². The molecule has 124 valence electrons. The highest BCUT2D eigenvalue weighted by molar-refractivity contribution is 9.10. The summed E-state index contributed by atoms with van der Waals surface area (Å²) >= 11 is 3.21. The number of nitrogens with zero attached hydrogens (tertiary/aromatic N) is 2. The Morgan fingerprint density at radius 1 is 1.21 bits per heavy atom. The molecule has 0 saturated carbocycles. The maximum absolute atomic E-state index is 14.1. The molecule has 0 aliphatic carbocycles. The van der Waals surface area contributed by atoms with Gasteiger partial charge in [-0.25, -0.2) is 9.07 Å². The lowest BCUT2D eigenvalue weighted by molar-refractivity contribution is -0.141. The molecule has 0 bridgehead atoms. The number of para-hydroxylation sites is 1. The second-order valence-corrected chi connectivity index (χ2v) is 6.17. The molecule has 2 aromatic carbocycles. The van der Waals surface area contributed by atoms with Gasteiger partial charge in [0.25, 0.3) is 5.56 Å². The molecule has 3 rings (SSSR count). The molecule has 0 atom stereocenters. The molecular formula is C17H14BrFN2O3. The van der Waals surface area contributed by atoms with E-state index in [0.717, 1.165) is 0 Å². The summed E-state index contributed by atoms with van der Waals surface area (Å²) in [6, 6.07) is 11.6. The first-order chi connectivity index (χ1) is 11.5. The predicted molar refractivity (Wildman–Crippen MR) is 91.4 cm³/mol. The molecule has 0 aliphatic heterocycles. The Hall–Kier alpha value is -2.41. The van der Waals surface area contributed by atoms with Gasteiger partial charge in [-0.05, 0) is 24.3 Å². The fraction of sp³-hybridized carbons (Fsp3) is 0.176. The van der Waals surface area contributed by atoms with E-state index in [1.165, 1.54) is 22.5 Å². The number of fused-ring (bicyclic) bond motifs is 1. The van der Waals surface area contributed by atoms with Crippen LogP contribution >= 0.6 is 15.9 Å². The Morgan fingerprint density at radius 3 is 2.67 bits per heavy atom. The highest BCUT2D eigenvalue weighted by atomic mass is 79.9. The fourth-order valence-corrected chi connectivity index (χ4v) is 2.92. The molecule has 1 heterocycles. The van der Waals surface area contributed by atoms with Crippen LogP contribution in [0.1, 0.15) is 5.56 Å². The first-order valence-electron chi connectivity index (χ1n) is 7.20. The zero-order valence-corrected chi connectivity index (χ0v) is 14.4. The maximum atomic E-state index is 14.1. The monoisotopic (exact) mass is 392 g/mol. The number of benzene rings is 2. The normalized spacial score (nSPS) is 11.0. The van der Waals surface area contributed by atoms with E-state index in [1.807, 2.05) is 0 Å². The van der Waals surface area contributed by atoms with E-state index in [4.69, 9.17) is 4.74 Å². The molecule has 0 radical (unpaired) electrons. The Morgan fingerprint density at radius 2 is 1.96 bits per heavy atom. The third-order valence-corrected chi connectivity index (χ3v) is 4.27. The van der Waals surface area contributed by atoms with Crippen molar-refractivity contribution >= 4 is 32.8 Å². The van der Waals surface area contributed by atoms with E-state index < -0.39 is 11.8 Å². The van der Waals surface area contributed by atoms with Crippen LogP contribution in [0, 0.1) is 5.82 Å². The minimum atomic E-state index is -0.485. The fourth-order valence-electron chi connectivity index (χ4n) is 2.58. The Bertz CT molecular complexity index is 978. The zero-order valence-electron chi connectivity index (χ0n) is 12.8. The molecule has 7 heteroatoms. The van der Waals surface area contributed by atoms with Crippen molar-refractivity contribution in [1.82, 2.24) is 9.36 Å². The quantitative estimate of drug-likeness (QED) is 0.641. The number of carbonyl (C=O) groups excluding carboxylic acids is 1. The first-order valence-corrected chi connectivity index (χ1v) is 7.99. The van der Waals surface area contributed by atoms with Gasteiger partial charge in [-0.15, -0.1) is 0 Å². The smallest absolute Gasteiger partial charge is 0.327 e. The molecule has 0 fully saturated rings. The van der Waals surface area contributed by atoms with E-state index in [1.54, 1.807) is 36.4 Å². The summed E-state index contributed by atoms with van der Waals surface area (Å²) in [6.45, 7) is -0.110. The third-order valence-electron chi connectivity index (χ3n) is 3.78. The van der Waals surface area contributed by atoms with Gasteiger partial charge in [0.15, 0.2) is 0 Å². The number of aromatic nitrogens is 2. The van der Waals surface area contributed by atoms with Crippen molar-refractivity contribution in [2.24, 2.45) is 0 Å². The standard InChI is InChI=1S/C17H14BrFN2O3/c1-24-16(22)10-20-15-5-3-2-4-13(15)17(23)21(20)9-11-6-7-12(18)8-14(11)19/h2-8H,9-10H2,1H3. The van der Waals surface area contributed by atoms with E-state index >= 15 is 0 Å². The Kier molecular flexibility index (Phi) is 4.53. The van der Waals surface area contributed by atoms with Gasteiger partial charge in [0, 0.05) is 10.0 Å². The second-order valence-electron chi connectivity index (χ2n) is 5.25. The maximum Gasteiger partial charge on any atom is 0.327 e. The number of carbonyl (C=O) groups is 1. The minimum Gasteiger partial charge on any atom is -0.468 e. The number of methoxy groups -OCH3 is 1. The molecule has 1 aromatic heterocycles. The van der Waals surface area contributed by atoms with Crippen molar-refractivity contribution in [3.05, 3.63) is 68.7 Å². The molecule has 5 nitrogen and oxygen atoms in total. The van der Waals surface area contributed by atoms with E-state index in [2.05, 4.69) is 15.9 Å². The number of hydrogen-bond acceptors (Lipinski definition) is 3. The molecule has 0 N–H and O–H groups in total. The molecule has 0 amide bonds. The first kappa shape index (κ1) is 16.4. The SMILES string of the molecule is COC(=O)Cn1c2ccccc2c(=O)n1Cc1ccc(Br)cc1F. The van der Waals surface area contributed by atoms with Crippen molar-refractivity contribution in [3.63, 3.8) is 0 Å². The van der Waals surface area contributed by atoms with Crippen LogP contribution in [0.4, 0.5) is 4.39 Å². The summed E-state index contributed by atoms with van der Waals surface area (Å²) in [5.41, 5.74) is 0.677. The topological polar surface area (TPSA) is 53.2 Å². The molecule has 3 aromatic rings. The van der Waals surface area contributed by atoms with Crippen LogP contribution in [-0.4, -0.2) is 22.4 Å². The van der Waals surface area contributed by atoms with Crippen LogP contribution in [0.15, 0.2) is 51.7 Å². The lowest BCUT2D eigenvalue weighted by Gasteiger charge is -2.12. The summed E-state index contributed by atoms with van der Waals surface area (Å²) in [5.74, 6) is -0.910. The summed E-state index contributed by atoms with van der Waals surface area (Å²) in [4.78, 5) is 24.4. The number of esters is 1. The van der Waals surface area contributed by atoms with E-state index in [0.29, 0.717) is 20.9 Å². The second kappa shape index (κ2) is 6.60. The summed E-state index contributed by atoms with van der Waals surface area (Å²) < 4.78 is 22.3. The summed E-state index contributed by atoms with van der Waals surface area (Å²) in [5, 5.41) is 0.471. The van der Waals surface area contributed by atoms with Gasteiger partial charge in [0.2, 0.25) is 0 Å². The van der Waals surface area contributed by atoms with Crippen LogP contribution in [0.25, 0.3) is 10.9 Å². The molecule has 24 heavy (non-hydrogen) atoms. The van der Waals surface area contributed by atoms with Gasteiger partial charge in [0.1, 0.15) is 12.4 Å². The minimum absolute atomic E-state index is 0.0175. The van der Waals surface area contributed by atoms with Crippen molar-refractivity contribution in [2.75, 3.05) is 7.11 Å². The van der Waals surface area contributed by atoms with Gasteiger partial charge < -0.3 is 4.74 Å². The van der Waals surface area contributed by atoms with Crippen LogP contribution in [0.3, 0.4) is 0 Å². The number of halogens is 2. The molecular weight excluding hydrogens is 379 g/mol. The average Bonchev–Trinajstić information content (AvgIpc) is 2.83. The highest BCUT2D eigenvalue weighted by Crippen LogP contribution is 2.18. The van der Waals surface area contributed by atoms with Crippen molar-refractivity contribution in [3.8, 4) is 0 Å². The van der Waals surface area contributed by atoms with E-state index in [-0.39, 0.29) is 18.6 Å². The van der Waals surface area contributed by atoms with Crippen molar-refractivity contribution < 1.29 is 13.9 Å². The van der Waals surface area contributed by atoms with Gasteiger partial charge >= 0.3 is 5.97 Å². The predicted octanol–water partition coefficient (Wildman–Crippen LogP) is 2.93. The van der Waals surface area contributed by atoms with Gasteiger partial charge in [0.05, 0.1) is 24.6 Å². The Balaban J connectivity index is 2.15. The van der Waals surface area contributed by atoms with Crippen LogP contribution in [0.5, 0.6) is 0 Å². The van der Waals surface area contributed by atoms with Crippen molar-refractivity contribution in [2.45, 2.75) is 13.1 Å². The lowest BCUT2D eigenvalue weighted by atomic mass is 10.2. The lowest BCUT2D eigenvalue weighted by Crippen LogP contribution is -2.27. The number of ether oxygens (including phenoxy) is 1. The van der Waals surface area contributed by atoms with Gasteiger partial charge in [-0.1, -0.05) is 34.1 Å². The van der Waals surface area contributed by atoms with Crippen LogP contribution in [-0.2, 0) is 22.6 Å². The summed E-state index contributed by atoms with van der Waals surface area (Å²) in [7, 11) is 1.28. The number of hydrogen-bond donors (Lipinski definition) is 0. The molecule has 0 unspecified atom stereocenters. The highest BCUT2D eigenvalue weighted by Gasteiger charge is 2.17. The molecule has 0 aliphatic rings. The van der Waals surface area contributed by atoms with Crippen LogP contribution in [0.2, 0.25) is 0 Å². The zero-order chi connectivity index (χ0) is 17.3. The largest absolute Gasteiger partial charge is 0.468 e. The van der Waals surface area contributed by atoms with Crippen molar-refractivity contribution in [1.29, 1.82) is 0 Å². The van der Waals surface area contributed by atoms with Gasteiger partial charge in [-0.2, -0.15) is 0 Å². The number of rotatable bonds is 4. The van der Waals surface area contributed by atoms with Crippen LogP contribution < -0.4 is 5.56 Å². The average molecular weight is 393 g/mol. The third kappa shape index (κ3) is 2.99.